The minimum Gasteiger partial charge on any atom is -0.282 e. The molecule has 0 saturated heterocycles. The zero-order chi connectivity index (χ0) is 11.8. The number of aryl methyl sites for hydroxylation is 1. The van der Waals surface area contributed by atoms with E-state index in [-0.39, 0.29) is 6.04 Å². The number of H-pyrrole nitrogens is 1. The summed E-state index contributed by atoms with van der Waals surface area (Å²) in [5, 5.41) is 6.86. The van der Waals surface area contributed by atoms with Crippen LogP contribution >= 0.6 is 0 Å². The average Bonchev–Trinajstić information content (AvgIpc) is 2.63. The second-order valence-electron chi connectivity index (χ2n) is 4.22. The summed E-state index contributed by atoms with van der Waals surface area (Å²) in [5.41, 5.74) is 2.23. The van der Waals surface area contributed by atoms with Gasteiger partial charge < -0.3 is 0 Å². The monoisotopic (exact) mass is 244 g/mol. The van der Waals surface area contributed by atoms with Crippen LogP contribution in [-0.4, -0.2) is 43.1 Å². The highest BCUT2D eigenvalue weighted by molar-refractivity contribution is 7.87. The van der Waals surface area contributed by atoms with Gasteiger partial charge in [0.05, 0.1) is 6.20 Å². The molecule has 1 heterocycles. The smallest absolute Gasteiger partial charge is 0.279 e. The lowest BCUT2D eigenvalue weighted by atomic mass is 9.95. The zero-order valence-electron chi connectivity index (χ0n) is 9.40. The van der Waals surface area contributed by atoms with Gasteiger partial charge in [0.2, 0.25) is 0 Å². The lowest BCUT2D eigenvalue weighted by Gasteiger charge is -2.24. The van der Waals surface area contributed by atoms with Crippen LogP contribution in [0.15, 0.2) is 6.20 Å². The van der Waals surface area contributed by atoms with E-state index in [1.165, 1.54) is 24.0 Å². The molecular weight excluding hydrogens is 228 g/mol. The van der Waals surface area contributed by atoms with Crippen LogP contribution in [0.5, 0.6) is 0 Å². The summed E-state index contributed by atoms with van der Waals surface area (Å²) < 4.78 is 27.1. The number of aromatic nitrogens is 2. The van der Waals surface area contributed by atoms with Crippen molar-refractivity contribution in [2.24, 2.45) is 0 Å². The van der Waals surface area contributed by atoms with E-state index in [1.807, 2.05) is 6.20 Å². The topological polar surface area (TPSA) is 78.1 Å². The van der Waals surface area contributed by atoms with E-state index < -0.39 is 10.2 Å². The van der Waals surface area contributed by atoms with Gasteiger partial charge in [0.15, 0.2) is 0 Å². The number of nitrogens with zero attached hydrogens (tertiary/aromatic N) is 2. The maximum Gasteiger partial charge on any atom is 0.279 e. The molecule has 7 heteroatoms. The summed E-state index contributed by atoms with van der Waals surface area (Å²) in [4.78, 5) is 0. The van der Waals surface area contributed by atoms with Crippen molar-refractivity contribution in [2.75, 3.05) is 14.1 Å². The molecule has 2 N–H and O–H groups in total. The number of hydrogen-bond donors (Lipinski definition) is 2. The van der Waals surface area contributed by atoms with Gasteiger partial charge in [-0.1, -0.05) is 0 Å². The maximum absolute atomic E-state index is 11.6. The summed E-state index contributed by atoms with van der Waals surface area (Å²) in [6, 6.07) is -0.0413. The van der Waals surface area contributed by atoms with Crippen molar-refractivity contribution in [3.63, 3.8) is 0 Å². The Morgan fingerprint density at radius 2 is 2.31 bits per heavy atom. The van der Waals surface area contributed by atoms with E-state index in [0.29, 0.717) is 6.42 Å². The van der Waals surface area contributed by atoms with Gasteiger partial charge in [-0.25, -0.2) is 0 Å². The second kappa shape index (κ2) is 4.15. The fourth-order valence-electron chi connectivity index (χ4n) is 1.82. The van der Waals surface area contributed by atoms with E-state index in [1.54, 1.807) is 0 Å². The van der Waals surface area contributed by atoms with Gasteiger partial charge >= 0.3 is 0 Å². The summed E-state index contributed by atoms with van der Waals surface area (Å²) >= 11 is 0. The highest BCUT2D eigenvalue weighted by Gasteiger charge is 2.25. The third kappa shape index (κ3) is 2.26. The molecule has 0 fully saturated rings. The Bertz CT molecular complexity index is 466. The first-order valence-electron chi connectivity index (χ1n) is 5.20. The molecule has 1 aromatic heterocycles. The second-order valence-corrected chi connectivity index (χ2v) is 6.13. The first-order valence-corrected chi connectivity index (χ1v) is 6.64. The standard InChI is InChI=1S/C9H16N4O2S/c1-13(2)16(14,15)12-8-4-3-7-6-10-11-9(7)5-8/h6,8,12H,3-5H2,1-2H3,(H,10,11). The third-order valence-corrected chi connectivity index (χ3v) is 4.41. The molecule has 2 rings (SSSR count). The van der Waals surface area contributed by atoms with Crippen LogP contribution in [0.4, 0.5) is 0 Å². The van der Waals surface area contributed by atoms with Crippen LogP contribution in [0.3, 0.4) is 0 Å². The first kappa shape index (κ1) is 11.6. The minimum atomic E-state index is -3.33. The van der Waals surface area contributed by atoms with Gasteiger partial charge in [0.1, 0.15) is 0 Å². The van der Waals surface area contributed by atoms with E-state index >= 15 is 0 Å². The van der Waals surface area contributed by atoms with Gasteiger partial charge in [-0.15, -0.1) is 0 Å². The van der Waals surface area contributed by atoms with Crippen molar-refractivity contribution < 1.29 is 8.42 Å². The summed E-state index contributed by atoms with van der Waals surface area (Å²) in [5.74, 6) is 0. The normalized spacial score (nSPS) is 21.1. The Balaban J connectivity index is 2.05. The fourth-order valence-corrected chi connectivity index (χ4v) is 2.66. The van der Waals surface area contributed by atoms with Crippen molar-refractivity contribution in [3.05, 3.63) is 17.5 Å². The predicted molar refractivity (Wildman–Crippen MR) is 60.1 cm³/mol. The molecule has 0 spiro atoms. The number of nitrogens with one attached hydrogen (secondary N) is 2. The fraction of sp³-hybridized carbons (Fsp3) is 0.667. The molecule has 0 radical (unpaired) electrons. The summed E-state index contributed by atoms with van der Waals surface area (Å²) in [6.45, 7) is 0. The minimum absolute atomic E-state index is 0.0413. The molecular formula is C9H16N4O2S. The molecule has 1 aliphatic rings. The Morgan fingerprint density at radius 3 is 3.00 bits per heavy atom. The van der Waals surface area contributed by atoms with Crippen LogP contribution in [0, 0.1) is 0 Å². The van der Waals surface area contributed by atoms with Crippen molar-refractivity contribution in [3.8, 4) is 0 Å². The molecule has 90 valence electrons. The molecule has 1 atom stereocenters. The Hall–Kier alpha value is -0.920. The molecule has 0 aliphatic heterocycles. The quantitative estimate of drug-likeness (QED) is 0.763. The lowest BCUT2D eigenvalue weighted by molar-refractivity contribution is 0.463. The van der Waals surface area contributed by atoms with Crippen LogP contribution in [-0.2, 0) is 23.1 Å². The van der Waals surface area contributed by atoms with Crippen LogP contribution in [0.1, 0.15) is 17.7 Å². The molecule has 6 nitrogen and oxygen atoms in total. The third-order valence-electron chi connectivity index (χ3n) is 2.82. The zero-order valence-corrected chi connectivity index (χ0v) is 10.2. The Labute approximate surface area is 95.2 Å². The van der Waals surface area contributed by atoms with Gasteiger partial charge in [-0.3, -0.25) is 5.10 Å². The summed E-state index contributed by atoms with van der Waals surface area (Å²) in [7, 11) is -0.293. The summed E-state index contributed by atoms with van der Waals surface area (Å²) in [6.07, 6.45) is 4.18. The predicted octanol–water partition coefficient (Wildman–Crippen LogP) is -0.337. The van der Waals surface area contributed by atoms with Crippen molar-refractivity contribution in [2.45, 2.75) is 25.3 Å². The van der Waals surface area contributed by atoms with Gasteiger partial charge in [0, 0.05) is 32.3 Å². The van der Waals surface area contributed by atoms with Crippen molar-refractivity contribution in [1.29, 1.82) is 0 Å². The molecule has 0 saturated carbocycles. The van der Waals surface area contributed by atoms with E-state index in [0.717, 1.165) is 18.5 Å². The van der Waals surface area contributed by atoms with E-state index in [9.17, 15) is 8.42 Å². The Morgan fingerprint density at radius 1 is 1.56 bits per heavy atom. The maximum atomic E-state index is 11.6. The van der Waals surface area contributed by atoms with Crippen LogP contribution in [0.2, 0.25) is 0 Å². The van der Waals surface area contributed by atoms with E-state index in [2.05, 4.69) is 14.9 Å². The molecule has 1 aromatic rings. The molecule has 0 bridgehead atoms. The van der Waals surface area contributed by atoms with Crippen LogP contribution < -0.4 is 4.72 Å². The number of aromatic amines is 1. The molecule has 16 heavy (non-hydrogen) atoms. The van der Waals surface area contributed by atoms with E-state index in [4.69, 9.17) is 0 Å². The SMILES string of the molecule is CN(C)S(=O)(=O)NC1CCc2cn[nH]c2C1. The van der Waals surface area contributed by atoms with Crippen molar-refractivity contribution in [1.82, 2.24) is 19.2 Å². The highest BCUT2D eigenvalue weighted by atomic mass is 32.2. The Kier molecular flexibility index (Phi) is 3.00. The largest absolute Gasteiger partial charge is 0.282 e. The van der Waals surface area contributed by atoms with Gasteiger partial charge in [-0.05, 0) is 18.4 Å². The number of rotatable bonds is 3. The molecule has 0 aromatic carbocycles. The number of fused-ring (bicyclic) bond motifs is 1. The highest BCUT2D eigenvalue weighted by Crippen LogP contribution is 2.19. The molecule has 1 unspecified atom stereocenters. The van der Waals surface area contributed by atoms with Gasteiger partial charge in [0.25, 0.3) is 10.2 Å². The van der Waals surface area contributed by atoms with Gasteiger partial charge in [-0.2, -0.15) is 22.5 Å². The average molecular weight is 244 g/mol. The van der Waals surface area contributed by atoms with Crippen LogP contribution in [0.25, 0.3) is 0 Å². The molecule has 0 amide bonds. The first-order chi connectivity index (χ1) is 7.49. The number of hydrogen-bond acceptors (Lipinski definition) is 3. The lowest BCUT2D eigenvalue weighted by Crippen LogP contribution is -2.44. The molecule has 1 aliphatic carbocycles. The van der Waals surface area contributed by atoms with Crippen molar-refractivity contribution >= 4 is 10.2 Å².